The lowest BCUT2D eigenvalue weighted by Gasteiger charge is -2.35. The number of hydrogen-bond acceptors (Lipinski definition) is 5. The Labute approximate surface area is 128 Å². The quantitative estimate of drug-likeness (QED) is 0.634. The van der Waals surface area contributed by atoms with Gasteiger partial charge in [0.2, 0.25) is 0 Å². The summed E-state index contributed by atoms with van der Waals surface area (Å²) in [7, 11) is 0. The zero-order valence-electron chi connectivity index (χ0n) is 12.8. The molecule has 0 aliphatic carbocycles. The number of anilines is 1. The third-order valence-electron chi connectivity index (χ3n) is 4.15. The maximum atomic E-state index is 10.9. The van der Waals surface area contributed by atoms with Crippen molar-refractivity contribution in [1.82, 2.24) is 4.98 Å². The van der Waals surface area contributed by atoms with Gasteiger partial charge in [0.05, 0.1) is 11.0 Å². The Bertz CT molecular complexity index is 696. The molecule has 6 heteroatoms. The largest absolute Gasteiger partial charge is 0.464 e. The molecular weight excluding hydrogens is 282 g/mol. The lowest BCUT2D eigenvalue weighted by atomic mass is 10.00. The first-order valence-electron chi connectivity index (χ1n) is 7.50. The van der Waals surface area contributed by atoms with Gasteiger partial charge in [-0.3, -0.25) is 10.1 Å². The predicted octanol–water partition coefficient (Wildman–Crippen LogP) is 3.93. The molecule has 6 nitrogen and oxygen atoms in total. The number of hydrogen-bond donors (Lipinski definition) is 0. The summed E-state index contributed by atoms with van der Waals surface area (Å²) in [4.78, 5) is 17.0. The molecule has 1 saturated heterocycles. The van der Waals surface area contributed by atoms with Gasteiger partial charge in [-0.2, -0.15) is 0 Å². The van der Waals surface area contributed by atoms with E-state index in [1.807, 2.05) is 19.1 Å². The van der Waals surface area contributed by atoms with Crippen LogP contribution in [0, 0.1) is 24.0 Å². The molecule has 1 atom stereocenters. The van der Waals surface area contributed by atoms with E-state index in [4.69, 9.17) is 4.42 Å². The number of pyridine rings is 1. The highest BCUT2D eigenvalue weighted by atomic mass is 16.6. The van der Waals surface area contributed by atoms with Crippen molar-refractivity contribution in [3.05, 3.63) is 51.6 Å². The van der Waals surface area contributed by atoms with E-state index < -0.39 is 4.92 Å². The normalized spacial score (nSPS) is 18.5. The van der Waals surface area contributed by atoms with Crippen LogP contribution in [-0.2, 0) is 0 Å². The monoisotopic (exact) mass is 301 g/mol. The molecule has 3 heterocycles. The molecule has 0 radical (unpaired) electrons. The minimum Gasteiger partial charge on any atom is -0.464 e. The Morgan fingerprint density at radius 3 is 2.82 bits per heavy atom. The van der Waals surface area contributed by atoms with Crippen LogP contribution < -0.4 is 4.90 Å². The first-order chi connectivity index (χ1) is 10.6. The summed E-state index contributed by atoms with van der Waals surface area (Å²) >= 11 is 0. The van der Waals surface area contributed by atoms with Crippen LogP contribution in [0.4, 0.5) is 11.5 Å². The van der Waals surface area contributed by atoms with Gasteiger partial charge in [0.25, 0.3) is 5.69 Å². The molecule has 0 spiro atoms. The minimum absolute atomic E-state index is 0.0613. The highest BCUT2D eigenvalue weighted by Crippen LogP contribution is 2.35. The van der Waals surface area contributed by atoms with E-state index in [2.05, 4.69) is 9.88 Å². The van der Waals surface area contributed by atoms with E-state index >= 15 is 0 Å². The highest BCUT2D eigenvalue weighted by Gasteiger charge is 2.28. The molecule has 22 heavy (non-hydrogen) atoms. The fraction of sp³-hybridized carbons (Fsp3) is 0.438. The SMILES string of the molecule is Cc1ccc(C2CCCCN2c2cc(C)c([N+](=O)[O-])cn2)o1. The molecule has 0 N–H and O–H groups in total. The molecule has 1 unspecified atom stereocenters. The average molecular weight is 301 g/mol. The smallest absolute Gasteiger partial charge is 0.290 e. The molecule has 1 aliphatic rings. The molecule has 0 bridgehead atoms. The lowest BCUT2D eigenvalue weighted by molar-refractivity contribution is -0.385. The van der Waals surface area contributed by atoms with Crippen LogP contribution in [-0.4, -0.2) is 16.5 Å². The second-order valence-corrected chi connectivity index (χ2v) is 5.74. The molecule has 116 valence electrons. The van der Waals surface area contributed by atoms with Gasteiger partial charge in [0.15, 0.2) is 0 Å². The maximum Gasteiger partial charge on any atom is 0.290 e. The second-order valence-electron chi connectivity index (χ2n) is 5.74. The second kappa shape index (κ2) is 5.79. The summed E-state index contributed by atoms with van der Waals surface area (Å²) in [5, 5.41) is 10.9. The van der Waals surface area contributed by atoms with Crippen LogP contribution in [0.5, 0.6) is 0 Å². The summed E-state index contributed by atoms with van der Waals surface area (Å²) in [6.45, 7) is 4.57. The van der Waals surface area contributed by atoms with Gasteiger partial charge in [-0.25, -0.2) is 4.98 Å². The van der Waals surface area contributed by atoms with Gasteiger partial charge in [-0.1, -0.05) is 0 Å². The summed E-state index contributed by atoms with van der Waals surface area (Å²) in [6.07, 6.45) is 4.59. The van der Waals surface area contributed by atoms with Crippen molar-refractivity contribution in [3.8, 4) is 0 Å². The molecular formula is C16H19N3O3. The van der Waals surface area contributed by atoms with E-state index in [9.17, 15) is 10.1 Å². The number of piperidine rings is 1. The molecule has 0 saturated carbocycles. The van der Waals surface area contributed by atoms with Crippen molar-refractivity contribution in [2.24, 2.45) is 0 Å². The zero-order valence-corrected chi connectivity index (χ0v) is 12.8. The van der Waals surface area contributed by atoms with Gasteiger partial charge in [0, 0.05) is 12.1 Å². The maximum absolute atomic E-state index is 10.9. The Hall–Kier alpha value is -2.37. The van der Waals surface area contributed by atoms with Crippen LogP contribution in [0.3, 0.4) is 0 Å². The number of furan rings is 1. The van der Waals surface area contributed by atoms with Crippen molar-refractivity contribution >= 4 is 11.5 Å². The van der Waals surface area contributed by atoms with E-state index in [0.717, 1.165) is 43.1 Å². The molecule has 0 aromatic carbocycles. The highest BCUT2D eigenvalue weighted by molar-refractivity contribution is 5.50. The number of aryl methyl sites for hydroxylation is 2. The fourth-order valence-corrected chi connectivity index (χ4v) is 3.02. The molecule has 1 fully saturated rings. The van der Waals surface area contributed by atoms with Crippen molar-refractivity contribution in [3.63, 3.8) is 0 Å². The fourth-order valence-electron chi connectivity index (χ4n) is 3.02. The molecule has 3 rings (SSSR count). The van der Waals surface area contributed by atoms with E-state index in [-0.39, 0.29) is 11.7 Å². The van der Waals surface area contributed by atoms with Gasteiger partial charge >= 0.3 is 0 Å². The topological polar surface area (TPSA) is 72.4 Å². The van der Waals surface area contributed by atoms with Crippen LogP contribution >= 0.6 is 0 Å². The number of nitrogens with zero attached hydrogens (tertiary/aromatic N) is 3. The van der Waals surface area contributed by atoms with Crippen molar-refractivity contribution in [2.45, 2.75) is 39.2 Å². The number of aromatic nitrogens is 1. The number of nitro groups is 1. The Morgan fingerprint density at radius 1 is 1.36 bits per heavy atom. The van der Waals surface area contributed by atoms with Gasteiger partial charge in [-0.15, -0.1) is 0 Å². The van der Waals surface area contributed by atoms with E-state index in [1.54, 1.807) is 13.0 Å². The summed E-state index contributed by atoms with van der Waals surface area (Å²) in [5.74, 6) is 2.62. The standard InChI is InChI=1S/C16H19N3O3/c1-11-9-16(17-10-14(11)19(20)21)18-8-4-3-5-13(18)15-7-6-12(2)22-15/h6-7,9-10,13H,3-5,8H2,1-2H3. The van der Waals surface area contributed by atoms with Gasteiger partial charge in [0.1, 0.15) is 23.5 Å². The Kier molecular flexibility index (Phi) is 3.83. The van der Waals surface area contributed by atoms with Crippen LogP contribution in [0.2, 0.25) is 0 Å². The predicted molar refractivity (Wildman–Crippen MR) is 83.0 cm³/mol. The number of rotatable bonds is 3. The molecule has 0 amide bonds. The molecule has 2 aromatic heterocycles. The van der Waals surface area contributed by atoms with Gasteiger partial charge in [-0.05, 0) is 51.3 Å². The summed E-state index contributed by atoms with van der Waals surface area (Å²) < 4.78 is 5.79. The molecule has 2 aromatic rings. The Balaban J connectivity index is 1.94. The van der Waals surface area contributed by atoms with Crippen molar-refractivity contribution in [2.75, 3.05) is 11.4 Å². The Morgan fingerprint density at radius 2 is 2.18 bits per heavy atom. The van der Waals surface area contributed by atoms with E-state index in [1.165, 1.54) is 6.20 Å². The summed E-state index contributed by atoms with van der Waals surface area (Å²) in [5.41, 5.74) is 0.695. The minimum atomic E-state index is -0.393. The van der Waals surface area contributed by atoms with E-state index in [0.29, 0.717) is 5.56 Å². The van der Waals surface area contributed by atoms with Crippen molar-refractivity contribution in [1.29, 1.82) is 0 Å². The third-order valence-corrected chi connectivity index (χ3v) is 4.15. The zero-order chi connectivity index (χ0) is 15.7. The first kappa shape index (κ1) is 14.6. The van der Waals surface area contributed by atoms with Gasteiger partial charge < -0.3 is 9.32 Å². The van der Waals surface area contributed by atoms with Crippen LogP contribution in [0.25, 0.3) is 0 Å². The summed E-state index contributed by atoms with van der Waals surface area (Å²) in [6, 6.07) is 5.93. The first-order valence-corrected chi connectivity index (χ1v) is 7.50. The van der Waals surface area contributed by atoms with Crippen LogP contribution in [0.15, 0.2) is 28.8 Å². The van der Waals surface area contributed by atoms with Crippen LogP contribution in [0.1, 0.15) is 42.4 Å². The third kappa shape index (κ3) is 2.68. The lowest BCUT2D eigenvalue weighted by Crippen LogP contribution is -2.33. The average Bonchev–Trinajstić information content (AvgIpc) is 2.93. The van der Waals surface area contributed by atoms with Crippen molar-refractivity contribution < 1.29 is 9.34 Å². The molecule has 1 aliphatic heterocycles.